The van der Waals surface area contributed by atoms with Gasteiger partial charge < -0.3 is 69.3 Å². The molecule has 5 rings (SSSR count). The summed E-state index contributed by atoms with van der Waals surface area (Å²) in [5.41, 5.74) is -0.908. The lowest BCUT2D eigenvalue weighted by atomic mass is 9.89. The SMILES string of the molecule is COc1cc2oc(-c3ccc(O)c(O)c3)cc(=O)c2c(O)c1[C@@H]1O[C@H](CO)[C@H](O)[C@H](O)[C@@H]1O[C@H]1O[C@@H](C)[C@H](O)[C@H](O)[C@@H]1O. The molecule has 2 aliphatic rings. The van der Waals surface area contributed by atoms with Crippen molar-refractivity contribution in [3.05, 3.63) is 46.1 Å². The summed E-state index contributed by atoms with van der Waals surface area (Å²) in [6, 6.07) is 6.04. The highest BCUT2D eigenvalue weighted by molar-refractivity contribution is 5.88. The lowest BCUT2D eigenvalue weighted by Crippen LogP contribution is -2.61. The van der Waals surface area contributed by atoms with Crippen LogP contribution in [0.3, 0.4) is 0 Å². The van der Waals surface area contributed by atoms with Gasteiger partial charge in [0.1, 0.15) is 77.1 Å². The third kappa shape index (κ3) is 5.39. The Balaban J connectivity index is 1.62. The molecule has 15 heteroatoms. The topological polar surface area (TPSA) is 249 Å². The maximum atomic E-state index is 13.3. The predicted octanol–water partition coefficient (Wildman–Crippen LogP) is -1.05. The van der Waals surface area contributed by atoms with Gasteiger partial charge in [-0.1, -0.05) is 0 Å². The van der Waals surface area contributed by atoms with Gasteiger partial charge in [-0.15, -0.1) is 0 Å². The van der Waals surface area contributed by atoms with E-state index < -0.39 is 84.8 Å². The maximum absolute atomic E-state index is 13.3. The number of phenolic OH excluding ortho intramolecular Hbond substituents is 3. The predicted molar refractivity (Wildman–Crippen MR) is 143 cm³/mol. The number of benzene rings is 2. The van der Waals surface area contributed by atoms with Crippen LogP contribution in [0.15, 0.2) is 39.5 Å². The van der Waals surface area contributed by atoms with Gasteiger partial charge in [-0.3, -0.25) is 4.79 Å². The smallest absolute Gasteiger partial charge is 0.197 e. The van der Waals surface area contributed by atoms with E-state index in [1.165, 1.54) is 38.3 Å². The lowest BCUT2D eigenvalue weighted by molar-refractivity contribution is -0.338. The highest BCUT2D eigenvalue weighted by atomic mass is 16.7. The van der Waals surface area contributed by atoms with E-state index in [0.717, 1.165) is 6.07 Å². The van der Waals surface area contributed by atoms with Crippen molar-refractivity contribution in [2.45, 2.75) is 68.1 Å². The van der Waals surface area contributed by atoms with E-state index in [1.54, 1.807) is 0 Å². The first-order valence-electron chi connectivity index (χ1n) is 13.3. The first kappa shape index (κ1) is 30.9. The van der Waals surface area contributed by atoms with Gasteiger partial charge in [-0.2, -0.15) is 0 Å². The van der Waals surface area contributed by atoms with Crippen LogP contribution >= 0.6 is 0 Å². The van der Waals surface area contributed by atoms with Crippen LogP contribution < -0.4 is 10.2 Å². The maximum Gasteiger partial charge on any atom is 0.197 e. The van der Waals surface area contributed by atoms with Crippen molar-refractivity contribution in [2.75, 3.05) is 13.7 Å². The van der Waals surface area contributed by atoms with E-state index in [1.807, 2.05) is 0 Å². The number of fused-ring (bicyclic) bond motifs is 1. The first-order chi connectivity index (χ1) is 20.4. The summed E-state index contributed by atoms with van der Waals surface area (Å²) in [4.78, 5) is 13.3. The molecule has 3 heterocycles. The Bertz CT molecular complexity index is 1540. The van der Waals surface area contributed by atoms with Gasteiger partial charge in [0.15, 0.2) is 23.2 Å². The Hall–Kier alpha value is -3.51. The molecule has 0 saturated carbocycles. The Morgan fingerprint density at radius 3 is 2.23 bits per heavy atom. The average Bonchev–Trinajstić information content (AvgIpc) is 2.98. The Morgan fingerprint density at radius 2 is 1.58 bits per heavy atom. The summed E-state index contributed by atoms with van der Waals surface area (Å²) in [7, 11) is 1.23. The highest BCUT2D eigenvalue weighted by Crippen LogP contribution is 2.46. The van der Waals surface area contributed by atoms with Crippen molar-refractivity contribution in [3.63, 3.8) is 0 Å². The van der Waals surface area contributed by atoms with E-state index >= 15 is 0 Å². The molecule has 0 radical (unpaired) electrons. The van der Waals surface area contributed by atoms with Gasteiger partial charge in [0.05, 0.1) is 25.4 Å². The summed E-state index contributed by atoms with van der Waals surface area (Å²) in [6.07, 6.45) is -15.8. The molecular formula is C28H32O15. The summed E-state index contributed by atoms with van der Waals surface area (Å²) >= 11 is 0. The fourth-order valence-corrected chi connectivity index (χ4v) is 5.31. The van der Waals surface area contributed by atoms with Crippen LogP contribution in [0.1, 0.15) is 18.6 Å². The summed E-state index contributed by atoms with van der Waals surface area (Å²) < 4.78 is 28.4. The highest BCUT2D eigenvalue weighted by Gasteiger charge is 2.51. The molecule has 0 aliphatic carbocycles. The van der Waals surface area contributed by atoms with Crippen LogP contribution in [0.25, 0.3) is 22.3 Å². The molecule has 1 aromatic heterocycles. The molecule has 3 aromatic rings. The van der Waals surface area contributed by atoms with Crippen molar-refractivity contribution in [1.82, 2.24) is 0 Å². The van der Waals surface area contributed by atoms with Crippen molar-refractivity contribution in [3.8, 4) is 34.3 Å². The second kappa shape index (κ2) is 11.9. The van der Waals surface area contributed by atoms with Crippen LogP contribution in [0, 0.1) is 0 Å². The van der Waals surface area contributed by atoms with Gasteiger partial charge >= 0.3 is 0 Å². The quantitative estimate of drug-likeness (QED) is 0.152. The fraction of sp³-hybridized carbons (Fsp3) is 0.464. The monoisotopic (exact) mass is 608 g/mol. The molecule has 9 N–H and O–H groups in total. The third-order valence-corrected chi connectivity index (χ3v) is 7.73. The minimum Gasteiger partial charge on any atom is -0.506 e. The Morgan fingerprint density at radius 1 is 0.860 bits per heavy atom. The molecule has 0 amide bonds. The summed E-state index contributed by atoms with van der Waals surface area (Å²) in [5, 5.41) is 92.8. The zero-order valence-electron chi connectivity index (χ0n) is 22.8. The Labute approximate surface area is 242 Å². The van der Waals surface area contributed by atoms with Crippen LogP contribution in [0.5, 0.6) is 23.0 Å². The van der Waals surface area contributed by atoms with Crippen LogP contribution in [-0.4, -0.2) is 115 Å². The summed E-state index contributed by atoms with van der Waals surface area (Å²) in [5.74, 6) is -1.71. The van der Waals surface area contributed by atoms with E-state index in [4.69, 9.17) is 23.4 Å². The Kier molecular flexibility index (Phi) is 8.54. The molecular weight excluding hydrogens is 576 g/mol. The van der Waals surface area contributed by atoms with Gasteiger partial charge in [-0.25, -0.2) is 0 Å². The van der Waals surface area contributed by atoms with Gasteiger partial charge in [-0.05, 0) is 25.1 Å². The molecule has 2 aromatic carbocycles. The number of methoxy groups -OCH3 is 1. The average molecular weight is 609 g/mol. The number of rotatable bonds is 6. The van der Waals surface area contributed by atoms with E-state index in [-0.39, 0.29) is 39.4 Å². The standard InChI is InChI=1S/C28H32O15/c1-9-20(33)23(36)25(38)28(40-9)43-27-24(37)21(34)17(8-29)42-26(27)19-15(39-2)7-16-18(22(19)35)13(32)6-14(41-16)10-3-4-11(30)12(31)5-10/h3-7,9,17,20-21,23-31,33-38H,8H2,1-2H3/t9-,17+,20-,21-,23-,24-,25-,26-,27-,28+/m0/s1. The molecule has 2 aliphatic heterocycles. The van der Waals surface area contributed by atoms with Crippen molar-refractivity contribution >= 4 is 11.0 Å². The largest absolute Gasteiger partial charge is 0.506 e. The summed E-state index contributed by atoms with van der Waals surface area (Å²) in [6.45, 7) is 0.636. The van der Waals surface area contributed by atoms with Gasteiger partial charge in [0.25, 0.3) is 0 Å². The number of aliphatic hydroxyl groups excluding tert-OH is 6. The molecule has 0 spiro atoms. The molecule has 234 valence electrons. The van der Waals surface area contributed by atoms with Crippen molar-refractivity contribution in [2.24, 2.45) is 0 Å². The number of phenols is 3. The van der Waals surface area contributed by atoms with E-state index in [0.29, 0.717) is 0 Å². The second-order valence-electron chi connectivity index (χ2n) is 10.4. The molecule has 0 bridgehead atoms. The molecule has 2 saturated heterocycles. The van der Waals surface area contributed by atoms with Gasteiger partial charge in [0, 0.05) is 17.7 Å². The molecule has 0 unspecified atom stereocenters. The number of ether oxygens (including phenoxy) is 4. The minimum atomic E-state index is -1.83. The van der Waals surface area contributed by atoms with E-state index in [2.05, 4.69) is 0 Å². The minimum absolute atomic E-state index is 0.0191. The third-order valence-electron chi connectivity index (χ3n) is 7.73. The fourth-order valence-electron chi connectivity index (χ4n) is 5.31. The molecule has 2 fully saturated rings. The van der Waals surface area contributed by atoms with Crippen LogP contribution in [0.4, 0.5) is 0 Å². The normalized spacial score (nSPS) is 33.0. The van der Waals surface area contributed by atoms with Crippen molar-refractivity contribution in [1.29, 1.82) is 0 Å². The number of hydrogen-bond acceptors (Lipinski definition) is 15. The van der Waals surface area contributed by atoms with Gasteiger partial charge in [0.2, 0.25) is 0 Å². The van der Waals surface area contributed by atoms with Crippen molar-refractivity contribution < 1.29 is 69.3 Å². The zero-order chi connectivity index (χ0) is 31.3. The second-order valence-corrected chi connectivity index (χ2v) is 10.4. The number of hydrogen-bond donors (Lipinski definition) is 9. The van der Waals surface area contributed by atoms with Crippen LogP contribution in [0.2, 0.25) is 0 Å². The van der Waals surface area contributed by atoms with Crippen LogP contribution in [-0.2, 0) is 14.2 Å². The number of aromatic hydroxyl groups is 3. The first-order valence-corrected chi connectivity index (χ1v) is 13.3. The van der Waals surface area contributed by atoms with E-state index in [9.17, 15) is 50.8 Å². The number of aliphatic hydroxyl groups is 6. The molecule has 10 atom stereocenters. The molecule has 43 heavy (non-hydrogen) atoms. The zero-order valence-corrected chi connectivity index (χ0v) is 22.8. The lowest BCUT2D eigenvalue weighted by Gasteiger charge is -2.46. The molecule has 15 nitrogen and oxygen atoms in total.